The summed E-state index contributed by atoms with van der Waals surface area (Å²) in [5.74, 6) is -0.429. The normalized spacial score (nSPS) is 18.0. The van der Waals surface area contributed by atoms with Crippen LogP contribution in [0.3, 0.4) is 0 Å². The van der Waals surface area contributed by atoms with Gasteiger partial charge in [-0.1, -0.05) is 30.3 Å². The second kappa shape index (κ2) is 12.2. The second-order valence-electron chi connectivity index (χ2n) is 10.5. The topological polar surface area (TPSA) is 98.5 Å². The van der Waals surface area contributed by atoms with Crippen molar-refractivity contribution in [3.05, 3.63) is 65.6 Å². The van der Waals surface area contributed by atoms with Crippen LogP contribution in [0.2, 0.25) is 0 Å². The highest BCUT2D eigenvalue weighted by Gasteiger charge is 2.24. The number of ether oxygens (including phenoxy) is 1. The average molecular weight is 543 g/mol. The lowest BCUT2D eigenvalue weighted by Gasteiger charge is -2.28. The van der Waals surface area contributed by atoms with Gasteiger partial charge < -0.3 is 9.84 Å². The van der Waals surface area contributed by atoms with Gasteiger partial charge in [0.15, 0.2) is 0 Å². The molecule has 1 aromatic heterocycles. The van der Waals surface area contributed by atoms with Crippen LogP contribution >= 0.6 is 0 Å². The van der Waals surface area contributed by atoms with E-state index in [9.17, 15) is 13.2 Å². The van der Waals surface area contributed by atoms with Gasteiger partial charge in [-0.2, -0.15) is 5.10 Å². The van der Waals surface area contributed by atoms with E-state index in [1.165, 1.54) is 12.3 Å². The molecule has 9 heteroatoms. The molecule has 1 saturated carbocycles. The molecule has 7 nitrogen and oxygen atoms in total. The molecule has 1 aliphatic carbocycles. The second-order valence-corrected chi connectivity index (χ2v) is 12.7. The van der Waals surface area contributed by atoms with E-state index in [4.69, 9.17) is 14.9 Å². The summed E-state index contributed by atoms with van der Waals surface area (Å²) in [6, 6.07) is 12.9. The third-order valence-electron chi connectivity index (χ3n) is 7.13. The van der Waals surface area contributed by atoms with Crippen LogP contribution in [0.1, 0.15) is 36.8 Å². The number of halogens is 1. The van der Waals surface area contributed by atoms with Crippen LogP contribution in [0.5, 0.6) is 0 Å². The molecule has 0 bridgehead atoms. The largest absolute Gasteiger partial charge is 0.480 e. The van der Waals surface area contributed by atoms with Crippen molar-refractivity contribution in [1.29, 1.82) is 0 Å². The monoisotopic (exact) mass is 542 g/mol. The van der Waals surface area contributed by atoms with E-state index < -0.39 is 15.8 Å². The fourth-order valence-corrected chi connectivity index (χ4v) is 5.70. The van der Waals surface area contributed by atoms with Gasteiger partial charge in [-0.05, 0) is 79.7 Å². The van der Waals surface area contributed by atoms with Gasteiger partial charge in [0.1, 0.15) is 28.0 Å². The van der Waals surface area contributed by atoms with Crippen molar-refractivity contribution in [2.24, 2.45) is 11.8 Å². The highest BCUT2D eigenvalue weighted by atomic mass is 32.2. The van der Waals surface area contributed by atoms with Crippen LogP contribution in [-0.2, 0) is 32.3 Å². The zero-order valence-electron chi connectivity index (χ0n) is 21.9. The van der Waals surface area contributed by atoms with Crippen LogP contribution in [0, 0.1) is 24.6 Å². The van der Waals surface area contributed by atoms with Crippen LogP contribution in [0.15, 0.2) is 48.7 Å². The Hall–Kier alpha value is -3.04. The molecule has 1 aliphatic rings. The molecule has 0 radical (unpaired) electrons. The van der Waals surface area contributed by atoms with E-state index >= 15 is 4.39 Å². The Morgan fingerprint density at radius 3 is 2.53 bits per heavy atom. The first kappa shape index (κ1) is 28.0. The molecular formula is C29H35FN2O5S. The number of carboxylic acid groups (broad SMARTS) is 1. The number of aromatic nitrogens is 2. The van der Waals surface area contributed by atoms with E-state index in [1.54, 1.807) is 6.07 Å². The summed E-state index contributed by atoms with van der Waals surface area (Å²) in [5.41, 5.74) is 4.42. The first-order chi connectivity index (χ1) is 18.1. The lowest BCUT2D eigenvalue weighted by atomic mass is 9.82. The number of nitrogens with zero attached hydrogens (tertiary/aromatic N) is 2. The van der Waals surface area contributed by atoms with Gasteiger partial charge in [0.05, 0.1) is 12.4 Å². The fraction of sp³-hybridized carbons (Fsp3) is 0.448. The lowest BCUT2D eigenvalue weighted by molar-refractivity contribution is -0.142. The third kappa shape index (κ3) is 7.74. The number of sulfone groups is 1. The number of carbonyl (C=O) groups is 1. The van der Waals surface area contributed by atoms with Gasteiger partial charge in [-0.3, -0.25) is 4.68 Å². The Labute approximate surface area is 223 Å². The van der Waals surface area contributed by atoms with Crippen molar-refractivity contribution in [1.82, 2.24) is 9.78 Å². The van der Waals surface area contributed by atoms with E-state index in [-0.39, 0.29) is 18.2 Å². The number of aliphatic carboxylic acids is 1. The molecule has 0 aliphatic heterocycles. The molecule has 38 heavy (non-hydrogen) atoms. The minimum absolute atomic E-state index is 0.0686. The minimum Gasteiger partial charge on any atom is -0.480 e. The molecule has 0 amide bonds. The predicted molar refractivity (Wildman–Crippen MR) is 145 cm³/mol. The molecular weight excluding hydrogens is 507 g/mol. The number of hydrogen-bond donors (Lipinski definition) is 1. The van der Waals surface area contributed by atoms with E-state index in [0.29, 0.717) is 42.7 Å². The van der Waals surface area contributed by atoms with Crippen LogP contribution in [-0.4, -0.2) is 54.5 Å². The molecule has 1 heterocycles. The Morgan fingerprint density at radius 1 is 1.11 bits per heavy atom. The van der Waals surface area contributed by atoms with Crippen LogP contribution < -0.4 is 0 Å². The maximum absolute atomic E-state index is 15.1. The Bertz CT molecular complexity index is 1380. The Morgan fingerprint density at radius 2 is 1.84 bits per heavy atom. The summed E-state index contributed by atoms with van der Waals surface area (Å²) in [6.07, 6.45) is 7.54. The molecule has 0 spiro atoms. The smallest absolute Gasteiger partial charge is 0.329 e. The first-order valence-electron chi connectivity index (χ1n) is 13.0. The molecule has 2 aromatic carbocycles. The molecule has 4 rings (SSSR count). The van der Waals surface area contributed by atoms with E-state index in [0.717, 1.165) is 47.9 Å². The van der Waals surface area contributed by atoms with Gasteiger partial charge in [0, 0.05) is 30.1 Å². The van der Waals surface area contributed by atoms with E-state index in [2.05, 4.69) is 0 Å². The zero-order chi connectivity index (χ0) is 27.3. The van der Waals surface area contributed by atoms with Crippen molar-refractivity contribution in [2.45, 2.75) is 45.6 Å². The first-order valence-corrected chi connectivity index (χ1v) is 15.0. The maximum atomic E-state index is 15.1. The predicted octanol–water partition coefficient (Wildman–Crippen LogP) is 5.16. The summed E-state index contributed by atoms with van der Waals surface area (Å²) < 4.78 is 45.6. The summed E-state index contributed by atoms with van der Waals surface area (Å²) in [5, 5.41) is 13.6. The van der Waals surface area contributed by atoms with Gasteiger partial charge in [0.2, 0.25) is 0 Å². The standard InChI is InChI=1S/C29H35FN2O5S/c1-20-6-11-25(27(30)14-20)29-26(24-5-3-4-21(15-24)12-13-38(2,35)36)17-32(31-29)16-22-7-9-23(10-8-22)18-37-19-28(33)34/h3-6,11,14-15,17,22-23H,7-10,12-13,16,18-19H2,1-2H3,(H,33,34). The van der Waals surface area contributed by atoms with E-state index in [1.807, 2.05) is 48.1 Å². The van der Waals surface area contributed by atoms with Crippen LogP contribution in [0.25, 0.3) is 22.4 Å². The molecule has 0 saturated heterocycles. The van der Waals surface area contributed by atoms with Crippen molar-refractivity contribution in [2.75, 3.05) is 25.2 Å². The van der Waals surface area contributed by atoms with Gasteiger partial charge in [-0.25, -0.2) is 17.6 Å². The molecule has 0 unspecified atom stereocenters. The number of carboxylic acids is 1. The SMILES string of the molecule is Cc1ccc(-c2nn(CC3CCC(COCC(=O)O)CC3)cc2-c2cccc(CCS(C)(=O)=O)c2)c(F)c1. The molecule has 1 N–H and O–H groups in total. The highest BCUT2D eigenvalue weighted by molar-refractivity contribution is 7.90. The van der Waals surface area contributed by atoms with Crippen molar-refractivity contribution in [3.63, 3.8) is 0 Å². The Balaban J connectivity index is 1.55. The summed E-state index contributed by atoms with van der Waals surface area (Å²) >= 11 is 0. The van der Waals surface area contributed by atoms with Gasteiger partial charge >= 0.3 is 5.97 Å². The molecule has 3 aromatic rings. The van der Waals surface area contributed by atoms with Crippen molar-refractivity contribution >= 4 is 15.8 Å². The van der Waals surface area contributed by atoms with Gasteiger partial charge in [0.25, 0.3) is 0 Å². The summed E-state index contributed by atoms with van der Waals surface area (Å²) in [7, 11) is -3.09. The molecule has 204 valence electrons. The number of aryl methyl sites for hydroxylation is 2. The van der Waals surface area contributed by atoms with Gasteiger partial charge in [-0.15, -0.1) is 0 Å². The summed E-state index contributed by atoms with van der Waals surface area (Å²) in [4.78, 5) is 10.7. The number of benzene rings is 2. The molecule has 0 atom stereocenters. The minimum atomic E-state index is -3.09. The number of rotatable bonds is 11. The fourth-order valence-electron chi connectivity index (χ4n) is 5.09. The number of hydrogen-bond acceptors (Lipinski definition) is 5. The van der Waals surface area contributed by atoms with Crippen molar-refractivity contribution in [3.8, 4) is 22.4 Å². The average Bonchev–Trinajstić information content (AvgIpc) is 3.27. The zero-order valence-corrected chi connectivity index (χ0v) is 22.7. The summed E-state index contributed by atoms with van der Waals surface area (Å²) in [6.45, 7) is 2.76. The molecule has 1 fully saturated rings. The quantitative estimate of drug-likeness (QED) is 0.359. The third-order valence-corrected chi connectivity index (χ3v) is 8.08. The van der Waals surface area contributed by atoms with Crippen molar-refractivity contribution < 1.29 is 27.4 Å². The van der Waals surface area contributed by atoms with Crippen LogP contribution in [0.4, 0.5) is 4.39 Å². The Kier molecular flexibility index (Phi) is 8.99. The lowest BCUT2D eigenvalue weighted by Crippen LogP contribution is -2.23. The maximum Gasteiger partial charge on any atom is 0.329 e. The highest BCUT2D eigenvalue weighted by Crippen LogP contribution is 2.35.